The van der Waals surface area contributed by atoms with Crippen molar-refractivity contribution >= 4 is 5.78 Å². The van der Waals surface area contributed by atoms with Gasteiger partial charge in [-0.2, -0.15) is 0 Å². The van der Waals surface area contributed by atoms with E-state index in [0.29, 0.717) is 5.78 Å². The maximum atomic E-state index is 12.0. The molecule has 3 atom stereocenters. The molecule has 72 valence electrons. The molecule has 0 bridgehead atoms. The Morgan fingerprint density at radius 3 is 3.14 bits per heavy atom. The molecule has 3 aliphatic rings. The molecule has 2 aliphatic carbocycles. The van der Waals surface area contributed by atoms with Crippen LogP contribution in [0.2, 0.25) is 0 Å². The Hall–Kier alpha value is -1.31. The predicted octanol–water partition coefficient (Wildman–Crippen LogP) is 1.99. The minimum absolute atomic E-state index is 0.0000926. The van der Waals surface area contributed by atoms with Gasteiger partial charge in [0.05, 0.1) is 11.8 Å². The Morgan fingerprint density at radius 2 is 2.21 bits per heavy atom. The molecule has 2 heteroatoms. The molecule has 0 radical (unpaired) electrons. The lowest BCUT2D eigenvalue weighted by atomic mass is 9.84. The third-order valence-electron chi connectivity index (χ3n) is 3.13. The lowest BCUT2D eigenvalue weighted by Gasteiger charge is -2.33. The average Bonchev–Trinajstić information content (AvgIpc) is 2.66. The second-order valence-electron chi connectivity index (χ2n) is 4.00. The summed E-state index contributed by atoms with van der Waals surface area (Å²) < 4.78 is 5.81. The van der Waals surface area contributed by atoms with Crippen LogP contribution in [0.4, 0.5) is 0 Å². The lowest BCUT2D eigenvalue weighted by molar-refractivity contribution is -0.132. The van der Waals surface area contributed by atoms with Gasteiger partial charge in [-0.3, -0.25) is 4.79 Å². The molecule has 0 saturated carbocycles. The number of ether oxygens (including phenoxy) is 1. The summed E-state index contributed by atoms with van der Waals surface area (Å²) >= 11 is 0. The summed E-state index contributed by atoms with van der Waals surface area (Å²) in [5.41, 5.74) is 0. The smallest absolute Gasteiger partial charge is 0.157 e. The second kappa shape index (κ2) is 2.84. The van der Waals surface area contributed by atoms with Crippen molar-refractivity contribution < 1.29 is 9.53 Å². The van der Waals surface area contributed by atoms with Crippen molar-refractivity contribution in [3.63, 3.8) is 0 Å². The molecule has 0 N–H and O–H groups in total. The molecule has 3 rings (SSSR count). The fourth-order valence-electron chi connectivity index (χ4n) is 2.39. The SMILES string of the molecule is O=C1C2C=CCC=C2OC2CC=CC12. The first-order valence-electron chi connectivity index (χ1n) is 5.10. The Labute approximate surface area is 82.9 Å². The molecule has 0 amide bonds. The molecule has 1 fully saturated rings. The first-order valence-corrected chi connectivity index (χ1v) is 5.10. The van der Waals surface area contributed by atoms with Crippen LogP contribution < -0.4 is 0 Å². The molecule has 1 aliphatic heterocycles. The van der Waals surface area contributed by atoms with E-state index in [2.05, 4.69) is 6.08 Å². The Morgan fingerprint density at radius 1 is 1.29 bits per heavy atom. The monoisotopic (exact) mass is 188 g/mol. The Bertz CT molecular complexity index is 363. The van der Waals surface area contributed by atoms with Gasteiger partial charge in [-0.15, -0.1) is 0 Å². The van der Waals surface area contributed by atoms with Crippen molar-refractivity contribution in [3.8, 4) is 0 Å². The van der Waals surface area contributed by atoms with Crippen LogP contribution in [-0.2, 0) is 9.53 Å². The summed E-state index contributed by atoms with van der Waals surface area (Å²) in [5.74, 6) is 1.08. The van der Waals surface area contributed by atoms with E-state index in [1.807, 2.05) is 24.3 Å². The molecule has 0 aromatic heterocycles. The number of carbonyl (C=O) groups excluding carboxylic acids is 1. The molecular formula is C12H12O2. The highest BCUT2D eigenvalue weighted by molar-refractivity contribution is 5.90. The summed E-state index contributed by atoms with van der Waals surface area (Å²) in [4.78, 5) is 12.0. The van der Waals surface area contributed by atoms with E-state index in [0.717, 1.165) is 18.6 Å². The summed E-state index contributed by atoms with van der Waals surface area (Å²) in [6, 6.07) is 0. The third kappa shape index (κ3) is 0.999. The fraction of sp³-hybridized carbons (Fsp3) is 0.417. The van der Waals surface area contributed by atoms with Gasteiger partial charge in [0.15, 0.2) is 5.78 Å². The maximum Gasteiger partial charge on any atom is 0.157 e. The van der Waals surface area contributed by atoms with E-state index < -0.39 is 0 Å². The fourth-order valence-corrected chi connectivity index (χ4v) is 2.39. The Balaban J connectivity index is 1.96. The average molecular weight is 188 g/mol. The van der Waals surface area contributed by atoms with E-state index in [9.17, 15) is 4.79 Å². The molecular weight excluding hydrogens is 176 g/mol. The van der Waals surface area contributed by atoms with E-state index in [1.165, 1.54) is 0 Å². The minimum Gasteiger partial charge on any atom is -0.493 e. The molecule has 14 heavy (non-hydrogen) atoms. The van der Waals surface area contributed by atoms with E-state index >= 15 is 0 Å². The highest BCUT2D eigenvalue weighted by atomic mass is 16.5. The minimum atomic E-state index is -0.104. The molecule has 2 nitrogen and oxygen atoms in total. The van der Waals surface area contributed by atoms with Crippen LogP contribution in [0.1, 0.15) is 12.8 Å². The molecule has 0 aromatic carbocycles. The number of hydrogen-bond acceptors (Lipinski definition) is 2. The summed E-state index contributed by atoms with van der Waals surface area (Å²) in [6.07, 6.45) is 11.9. The van der Waals surface area contributed by atoms with E-state index in [1.54, 1.807) is 0 Å². The van der Waals surface area contributed by atoms with Crippen molar-refractivity contribution in [3.05, 3.63) is 36.1 Å². The van der Waals surface area contributed by atoms with Crippen LogP contribution in [-0.4, -0.2) is 11.9 Å². The molecule has 0 aromatic rings. The standard InChI is InChI=1S/C12H12O2/c13-12-8-4-1-2-6-10(8)14-11-7-3-5-9(11)12/h1,3-6,8-9,11H,2,7H2. The summed E-state index contributed by atoms with van der Waals surface area (Å²) in [5, 5.41) is 0. The van der Waals surface area contributed by atoms with E-state index in [4.69, 9.17) is 4.74 Å². The quantitative estimate of drug-likeness (QED) is 0.543. The number of hydrogen-bond donors (Lipinski definition) is 0. The van der Waals surface area contributed by atoms with Gasteiger partial charge in [-0.1, -0.05) is 24.3 Å². The van der Waals surface area contributed by atoms with Gasteiger partial charge >= 0.3 is 0 Å². The number of allylic oxidation sites excluding steroid dienone is 3. The largest absolute Gasteiger partial charge is 0.493 e. The van der Waals surface area contributed by atoms with Gasteiger partial charge in [-0.05, 0) is 12.5 Å². The van der Waals surface area contributed by atoms with Crippen LogP contribution in [0.5, 0.6) is 0 Å². The van der Waals surface area contributed by atoms with Gasteiger partial charge in [0.2, 0.25) is 0 Å². The number of Topliss-reactive ketones (excluding diaryl/α,β-unsaturated/α-hetero) is 1. The van der Waals surface area contributed by atoms with Crippen molar-refractivity contribution in [1.82, 2.24) is 0 Å². The van der Waals surface area contributed by atoms with Gasteiger partial charge in [0, 0.05) is 6.42 Å². The topological polar surface area (TPSA) is 26.3 Å². The first kappa shape index (κ1) is 8.04. The highest BCUT2D eigenvalue weighted by Crippen LogP contribution is 2.37. The molecule has 1 saturated heterocycles. The zero-order valence-electron chi connectivity index (χ0n) is 7.85. The van der Waals surface area contributed by atoms with Gasteiger partial charge in [-0.25, -0.2) is 0 Å². The van der Waals surface area contributed by atoms with Crippen LogP contribution in [0, 0.1) is 11.8 Å². The Kier molecular flexibility index (Phi) is 1.63. The van der Waals surface area contributed by atoms with Crippen LogP contribution >= 0.6 is 0 Å². The molecule has 1 heterocycles. The number of ketones is 1. The van der Waals surface area contributed by atoms with Crippen molar-refractivity contribution in [1.29, 1.82) is 0 Å². The normalized spacial score (nSPS) is 38.7. The number of carbonyl (C=O) groups is 1. The van der Waals surface area contributed by atoms with Crippen molar-refractivity contribution in [2.45, 2.75) is 18.9 Å². The predicted molar refractivity (Wildman–Crippen MR) is 52.5 cm³/mol. The second-order valence-corrected chi connectivity index (χ2v) is 4.00. The zero-order chi connectivity index (χ0) is 9.54. The maximum absolute atomic E-state index is 12.0. The highest BCUT2D eigenvalue weighted by Gasteiger charge is 2.41. The number of fused-ring (bicyclic) bond motifs is 2. The third-order valence-corrected chi connectivity index (χ3v) is 3.13. The summed E-state index contributed by atoms with van der Waals surface area (Å²) in [6.45, 7) is 0. The van der Waals surface area contributed by atoms with Gasteiger partial charge < -0.3 is 4.74 Å². The van der Waals surface area contributed by atoms with Crippen molar-refractivity contribution in [2.75, 3.05) is 0 Å². The lowest BCUT2D eigenvalue weighted by Crippen LogP contribution is -2.38. The zero-order valence-corrected chi connectivity index (χ0v) is 7.85. The van der Waals surface area contributed by atoms with Crippen LogP contribution in [0.3, 0.4) is 0 Å². The van der Waals surface area contributed by atoms with Crippen LogP contribution in [0.25, 0.3) is 0 Å². The first-order chi connectivity index (χ1) is 6.86. The molecule has 3 unspecified atom stereocenters. The van der Waals surface area contributed by atoms with E-state index in [-0.39, 0.29) is 17.9 Å². The van der Waals surface area contributed by atoms with Crippen molar-refractivity contribution in [2.24, 2.45) is 11.8 Å². The number of rotatable bonds is 0. The molecule has 0 spiro atoms. The van der Waals surface area contributed by atoms with Gasteiger partial charge in [0.25, 0.3) is 0 Å². The van der Waals surface area contributed by atoms with Crippen LogP contribution in [0.15, 0.2) is 36.1 Å². The van der Waals surface area contributed by atoms with Gasteiger partial charge in [0.1, 0.15) is 11.9 Å². The summed E-state index contributed by atoms with van der Waals surface area (Å²) in [7, 11) is 0.